The summed E-state index contributed by atoms with van der Waals surface area (Å²) in [5.74, 6) is 0.799. The lowest BCUT2D eigenvalue weighted by atomic mass is 9.91. The molecule has 0 aliphatic rings. The highest BCUT2D eigenvalue weighted by molar-refractivity contribution is 7.51. The second-order valence-corrected chi connectivity index (χ2v) is 17.6. The molecule has 0 aliphatic heterocycles. The van der Waals surface area contributed by atoms with Gasteiger partial charge in [-0.1, -0.05) is 78.9 Å². The summed E-state index contributed by atoms with van der Waals surface area (Å²) in [6.07, 6.45) is 1.45. The van der Waals surface area contributed by atoms with Crippen molar-refractivity contribution in [2.45, 2.75) is 46.3 Å². The first kappa shape index (κ1) is 44.5. The van der Waals surface area contributed by atoms with E-state index in [1.807, 2.05) is 117 Å². The molecule has 3 aromatic carbocycles. The zero-order chi connectivity index (χ0) is 39.7. The summed E-state index contributed by atoms with van der Waals surface area (Å²) in [6.45, 7) is 11.6. The zero-order valence-electron chi connectivity index (χ0n) is 32.9. The largest absolute Gasteiger partial charge is 0.483 e. The third-order valence-corrected chi connectivity index (χ3v) is 13.9. The Kier molecular flexibility index (Phi) is 17.7. The van der Waals surface area contributed by atoms with Gasteiger partial charge in [0.25, 0.3) is 0 Å². The predicted octanol–water partition coefficient (Wildman–Crippen LogP) is 10.6. The molecule has 2 unspecified atom stereocenters. The summed E-state index contributed by atoms with van der Waals surface area (Å²) in [5, 5.41) is 4.18. The number of likely N-dealkylation sites (N-methyl/N-ethyl adjacent to an activating group) is 2. The highest BCUT2D eigenvalue weighted by Crippen LogP contribution is 2.52. The van der Waals surface area contributed by atoms with E-state index in [2.05, 4.69) is 17.1 Å². The number of fused-ring (bicyclic) bond motifs is 1. The monoisotopic (exact) mass is 811 g/mol. The Hall–Kier alpha value is -3.25. The second-order valence-electron chi connectivity index (χ2n) is 12.4. The molecule has 0 amide bonds. The van der Waals surface area contributed by atoms with Crippen molar-refractivity contribution in [3.05, 3.63) is 131 Å². The molecule has 0 saturated carbocycles. The standard InChI is InChI=1S/C21H26NO4PS.C20H29N2O4P/c1-4-24-27(23,25-5-2)22(3)16-20(21-14-9-15-28-21)26-19-13-8-11-17-10-6-7-12-18(17)19;1-5-25-27(23,26-6-2)22(4)16-17-24-20(3,18-12-8-7-9-13-18)19-14-10-11-15-21-19/h6-15,20H,4-5,16H2,1-3H3;7-15H,5-6,16-17H2,1-4H3. The van der Waals surface area contributed by atoms with E-state index in [0.29, 0.717) is 46.1 Å². The first-order chi connectivity index (χ1) is 26.5. The van der Waals surface area contributed by atoms with Crippen molar-refractivity contribution >= 4 is 37.6 Å². The SMILES string of the molecule is CCOP(=O)(OCC)N(C)CC(Oc1cccc2ccccc12)c1cccs1.CCOP(=O)(OCC)N(C)CCOC(C)(c1ccccc1)c1ccccn1. The minimum absolute atomic E-state index is 0.301. The lowest BCUT2D eigenvalue weighted by molar-refractivity contribution is -0.0120. The summed E-state index contributed by atoms with van der Waals surface area (Å²) >= 11 is 1.61. The molecular weight excluding hydrogens is 756 g/mol. The first-order valence-corrected chi connectivity index (χ1v) is 22.4. The Labute approximate surface area is 330 Å². The number of pyridine rings is 1. The lowest BCUT2D eigenvalue weighted by Gasteiger charge is -2.32. The average Bonchev–Trinajstić information content (AvgIpc) is 3.74. The molecule has 2 heterocycles. The van der Waals surface area contributed by atoms with Crippen LogP contribution in [0.15, 0.2) is 115 Å². The maximum Gasteiger partial charge on any atom is 0.408 e. The van der Waals surface area contributed by atoms with Crippen LogP contribution in [-0.4, -0.2) is 74.5 Å². The van der Waals surface area contributed by atoms with E-state index in [1.54, 1.807) is 54.8 Å². The van der Waals surface area contributed by atoms with E-state index < -0.39 is 21.1 Å². The number of hydrogen-bond donors (Lipinski definition) is 0. The van der Waals surface area contributed by atoms with Gasteiger partial charge in [0.15, 0.2) is 0 Å². The van der Waals surface area contributed by atoms with Crippen LogP contribution in [0.4, 0.5) is 0 Å². The van der Waals surface area contributed by atoms with E-state index in [1.165, 1.54) is 0 Å². The molecule has 14 heteroatoms. The van der Waals surface area contributed by atoms with Crippen LogP contribution in [0.2, 0.25) is 0 Å². The molecule has 11 nitrogen and oxygen atoms in total. The van der Waals surface area contributed by atoms with Crippen molar-refractivity contribution in [3.63, 3.8) is 0 Å². The Morgan fingerprint density at radius 3 is 1.91 bits per heavy atom. The third kappa shape index (κ3) is 12.1. The molecule has 0 aliphatic carbocycles. The van der Waals surface area contributed by atoms with Gasteiger partial charge >= 0.3 is 15.5 Å². The van der Waals surface area contributed by atoms with Crippen molar-refractivity contribution in [2.75, 3.05) is 60.2 Å². The first-order valence-electron chi connectivity index (χ1n) is 18.5. The molecule has 5 aromatic rings. The molecule has 2 aromatic heterocycles. The fraction of sp³-hybridized carbons (Fsp3) is 0.390. The molecular formula is C41H55N3O8P2S. The van der Waals surface area contributed by atoms with E-state index >= 15 is 0 Å². The summed E-state index contributed by atoms with van der Waals surface area (Å²) in [7, 11) is -3.19. The Morgan fingerprint density at radius 2 is 1.31 bits per heavy atom. The maximum atomic E-state index is 13.1. The van der Waals surface area contributed by atoms with Crippen LogP contribution in [0.3, 0.4) is 0 Å². The molecule has 2 atom stereocenters. The zero-order valence-corrected chi connectivity index (χ0v) is 35.5. The summed E-state index contributed by atoms with van der Waals surface area (Å²) in [4.78, 5) is 5.54. The second kappa shape index (κ2) is 21.9. The highest BCUT2D eigenvalue weighted by atomic mass is 32.1. The average molecular weight is 812 g/mol. The van der Waals surface area contributed by atoms with Gasteiger partial charge in [-0.3, -0.25) is 23.1 Å². The van der Waals surface area contributed by atoms with Crippen molar-refractivity contribution in [3.8, 4) is 5.75 Å². The quantitative estimate of drug-likeness (QED) is 0.0661. The molecule has 0 bridgehead atoms. The summed E-state index contributed by atoms with van der Waals surface area (Å²) in [6, 6.07) is 33.9. The van der Waals surface area contributed by atoms with Crippen LogP contribution in [0.1, 0.15) is 56.9 Å². The van der Waals surface area contributed by atoms with Gasteiger partial charge in [0.2, 0.25) is 0 Å². The Balaban J connectivity index is 0.000000245. The van der Waals surface area contributed by atoms with Crippen molar-refractivity contribution < 1.29 is 36.7 Å². The topological polar surface area (TPSA) is 109 Å². The van der Waals surface area contributed by atoms with E-state index in [-0.39, 0.29) is 6.10 Å². The Bertz CT molecular complexity index is 1870. The number of ether oxygens (including phenoxy) is 2. The summed E-state index contributed by atoms with van der Waals surface area (Å²) < 4.78 is 63.6. The fourth-order valence-corrected chi connectivity index (χ4v) is 9.45. The molecule has 0 N–H and O–H groups in total. The number of nitrogens with zero attached hydrogens (tertiary/aromatic N) is 3. The van der Waals surface area contributed by atoms with Gasteiger partial charge in [0, 0.05) is 23.0 Å². The molecule has 0 fully saturated rings. The Morgan fingerprint density at radius 1 is 0.709 bits per heavy atom. The predicted molar refractivity (Wildman–Crippen MR) is 222 cm³/mol. The van der Waals surface area contributed by atoms with Crippen molar-refractivity contribution in [1.82, 2.24) is 14.3 Å². The van der Waals surface area contributed by atoms with Crippen LogP contribution in [0.5, 0.6) is 5.75 Å². The molecule has 55 heavy (non-hydrogen) atoms. The number of aromatic nitrogens is 1. The normalized spacial score (nSPS) is 13.7. The van der Waals surface area contributed by atoms with Crippen LogP contribution in [0, 0.1) is 0 Å². The molecule has 5 rings (SSSR count). The van der Waals surface area contributed by atoms with Crippen LogP contribution in [-0.2, 0) is 37.6 Å². The molecule has 0 saturated heterocycles. The van der Waals surface area contributed by atoms with Crippen LogP contribution < -0.4 is 4.74 Å². The van der Waals surface area contributed by atoms with Crippen LogP contribution in [0.25, 0.3) is 10.8 Å². The van der Waals surface area contributed by atoms with Crippen molar-refractivity contribution in [2.24, 2.45) is 0 Å². The third-order valence-electron chi connectivity index (χ3n) is 8.60. The van der Waals surface area contributed by atoms with Crippen molar-refractivity contribution in [1.29, 1.82) is 0 Å². The van der Waals surface area contributed by atoms with Gasteiger partial charge in [-0.25, -0.2) is 18.5 Å². The van der Waals surface area contributed by atoms with E-state index in [4.69, 9.17) is 27.6 Å². The number of benzene rings is 3. The summed E-state index contributed by atoms with van der Waals surface area (Å²) in [5.41, 5.74) is 1.10. The van der Waals surface area contributed by atoms with Gasteiger partial charge in [0.05, 0.1) is 45.3 Å². The maximum absolute atomic E-state index is 13.1. The molecule has 0 spiro atoms. The number of thiophene rings is 1. The number of rotatable bonds is 21. The molecule has 0 radical (unpaired) electrons. The van der Waals surface area contributed by atoms with Gasteiger partial charge in [-0.05, 0) is 89.3 Å². The minimum Gasteiger partial charge on any atom is -0.483 e. The molecule has 298 valence electrons. The minimum atomic E-state index is -3.36. The highest BCUT2D eigenvalue weighted by Gasteiger charge is 2.35. The fourth-order valence-electron chi connectivity index (χ4n) is 5.78. The lowest BCUT2D eigenvalue weighted by Crippen LogP contribution is -2.32. The van der Waals surface area contributed by atoms with Gasteiger partial charge in [0.1, 0.15) is 17.5 Å². The smallest absolute Gasteiger partial charge is 0.408 e. The van der Waals surface area contributed by atoms with Gasteiger partial charge in [-0.2, -0.15) is 0 Å². The van der Waals surface area contributed by atoms with E-state index in [9.17, 15) is 9.13 Å². The van der Waals surface area contributed by atoms with Gasteiger partial charge < -0.3 is 9.47 Å². The van der Waals surface area contributed by atoms with E-state index in [0.717, 1.165) is 32.7 Å². The van der Waals surface area contributed by atoms with Gasteiger partial charge in [-0.15, -0.1) is 11.3 Å². The number of hydrogen-bond acceptors (Lipinski definition) is 10. The van der Waals surface area contributed by atoms with Crippen LogP contribution >= 0.6 is 26.8 Å².